The van der Waals surface area contributed by atoms with Crippen molar-refractivity contribution in [3.05, 3.63) is 48.4 Å². The molecule has 11 heavy (non-hydrogen) atoms. The molecule has 1 N–H and O–H groups in total. The zero-order valence-corrected chi connectivity index (χ0v) is 6.80. The van der Waals surface area contributed by atoms with Crippen molar-refractivity contribution in [2.75, 3.05) is 0 Å². The van der Waals surface area contributed by atoms with Crippen LogP contribution in [0.1, 0.15) is 13.3 Å². The van der Waals surface area contributed by atoms with Gasteiger partial charge in [0.2, 0.25) is 0 Å². The fraction of sp³-hybridized carbons (Fsp3) is 0.200. The lowest BCUT2D eigenvalue weighted by Crippen LogP contribution is -1.99. The molecule has 1 heteroatoms. The molecule has 0 aromatic carbocycles. The molecule has 0 saturated carbocycles. The van der Waals surface area contributed by atoms with Crippen molar-refractivity contribution < 1.29 is 0 Å². The molecule has 1 nitrogen and oxygen atoms in total. The normalized spacial score (nSPS) is 28.5. The number of hydrogen-bond donors (Lipinski definition) is 1. The Hall–Kier alpha value is -1.24. The third-order valence-electron chi connectivity index (χ3n) is 1.44. The van der Waals surface area contributed by atoms with Crippen molar-refractivity contribution >= 4 is 0 Å². The summed E-state index contributed by atoms with van der Waals surface area (Å²) in [5, 5.41) is 3.06. The molecule has 0 aromatic heterocycles. The van der Waals surface area contributed by atoms with Crippen LogP contribution in [0.25, 0.3) is 0 Å². The van der Waals surface area contributed by atoms with Crippen LogP contribution in [0, 0.1) is 0 Å². The van der Waals surface area contributed by atoms with Gasteiger partial charge in [0.15, 0.2) is 0 Å². The van der Waals surface area contributed by atoms with Crippen molar-refractivity contribution in [3.63, 3.8) is 0 Å². The zero-order chi connectivity index (χ0) is 8.10. The van der Waals surface area contributed by atoms with Crippen LogP contribution < -0.4 is 5.32 Å². The highest BCUT2D eigenvalue weighted by atomic mass is 14.8. The molecule has 0 saturated heterocycles. The highest BCUT2D eigenvalue weighted by Crippen LogP contribution is 2.02. The van der Waals surface area contributed by atoms with Gasteiger partial charge in [0.05, 0.1) is 0 Å². The SMILES string of the molecule is C=C1/C=C(C)\C=C/C/C=C\N1. The minimum Gasteiger partial charge on any atom is -0.362 e. The summed E-state index contributed by atoms with van der Waals surface area (Å²) in [6, 6.07) is 0. The second-order valence-electron chi connectivity index (χ2n) is 2.60. The van der Waals surface area contributed by atoms with Crippen molar-refractivity contribution in [2.45, 2.75) is 13.3 Å². The van der Waals surface area contributed by atoms with E-state index in [1.54, 1.807) is 0 Å². The van der Waals surface area contributed by atoms with Gasteiger partial charge in [-0.25, -0.2) is 0 Å². The van der Waals surface area contributed by atoms with Crippen LogP contribution in [0.4, 0.5) is 0 Å². The van der Waals surface area contributed by atoms with Crippen LogP contribution in [0.2, 0.25) is 0 Å². The molecule has 0 bridgehead atoms. The smallest absolute Gasteiger partial charge is 0.0309 e. The van der Waals surface area contributed by atoms with Gasteiger partial charge in [-0.05, 0) is 31.2 Å². The molecule has 0 unspecified atom stereocenters. The van der Waals surface area contributed by atoms with Gasteiger partial charge in [-0.3, -0.25) is 0 Å². The Morgan fingerprint density at radius 2 is 2.27 bits per heavy atom. The molecule has 58 valence electrons. The second kappa shape index (κ2) is 3.81. The van der Waals surface area contributed by atoms with E-state index in [4.69, 9.17) is 0 Å². The molecular weight excluding hydrogens is 134 g/mol. The molecule has 1 rings (SSSR count). The predicted octanol–water partition coefficient (Wildman–Crippen LogP) is 2.51. The second-order valence-corrected chi connectivity index (χ2v) is 2.60. The van der Waals surface area contributed by atoms with Crippen LogP contribution in [0.5, 0.6) is 0 Å². The van der Waals surface area contributed by atoms with E-state index in [1.807, 2.05) is 12.3 Å². The Kier molecular flexibility index (Phi) is 2.73. The monoisotopic (exact) mass is 147 g/mol. The van der Waals surface area contributed by atoms with Crippen molar-refractivity contribution in [1.82, 2.24) is 5.32 Å². The van der Waals surface area contributed by atoms with E-state index in [-0.39, 0.29) is 0 Å². The van der Waals surface area contributed by atoms with E-state index in [9.17, 15) is 0 Å². The average Bonchev–Trinajstić information content (AvgIpc) is 2.02. The molecular formula is C10H13N. The van der Waals surface area contributed by atoms with Gasteiger partial charge in [0.25, 0.3) is 0 Å². The quantitative estimate of drug-likeness (QED) is 0.555. The summed E-state index contributed by atoms with van der Waals surface area (Å²) in [4.78, 5) is 0. The lowest BCUT2D eigenvalue weighted by Gasteiger charge is -1.97. The van der Waals surface area contributed by atoms with E-state index in [1.165, 1.54) is 5.57 Å². The number of allylic oxidation sites excluding steroid dienone is 5. The summed E-state index contributed by atoms with van der Waals surface area (Å²) < 4.78 is 0. The molecule has 0 aliphatic carbocycles. The molecule has 0 amide bonds. The summed E-state index contributed by atoms with van der Waals surface area (Å²) in [5.74, 6) is 0. The maximum atomic E-state index is 3.84. The largest absolute Gasteiger partial charge is 0.362 e. The van der Waals surface area contributed by atoms with E-state index in [2.05, 4.69) is 37.0 Å². The van der Waals surface area contributed by atoms with E-state index < -0.39 is 0 Å². The molecule has 0 fully saturated rings. The minimum atomic E-state index is 0.935. The first-order chi connectivity index (χ1) is 5.29. The Morgan fingerprint density at radius 3 is 3.09 bits per heavy atom. The molecule has 0 spiro atoms. The number of nitrogens with one attached hydrogen (secondary N) is 1. The van der Waals surface area contributed by atoms with Gasteiger partial charge in [0, 0.05) is 5.70 Å². The van der Waals surface area contributed by atoms with Crippen molar-refractivity contribution in [3.8, 4) is 0 Å². The van der Waals surface area contributed by atoms with E-state index in [0.717, 1.165) is 12.1 Å². The Labute approximate surface area is 67.8 Å². The lowest BCUT2D eigenvalue weighted by atomic mass is 10.2. The number of rotatable bonds is 0. The average molecular weight is 147 g/mol. The Morgan fingerprint density at radius 1 is 1.45 bits per heavy atom. The third kappa shape index (κ3) is 2.89. The topological polar surface area (TPSA) is 12.0 Å². The summed E-state index contributed by atoms with van der Waals surface area (Å²) in [5.41, 5.74) is 2.16. The van der Waals surface area contributed by atoms with E-state index >= 15 is 0 Å². The van der Waals surface area contributed by atoms with Gasteiger partial charge >= 0.3 is 0 Å². The standard InChI is InChI=1S/C10H13N/c1-9-6-4-3-5-7-11-10(2)8-9/h4-8,11H,2-3H2,1H3/b6-4-,7-5-,9-8-. The van der Waals surface area contributed by atoms with Crippen molar-refractivity contribution in [1.29, 1.82) is 0 Å². The molecule has 0 radical (unpaired) electrons. The Bertz CT molecular complexity index is 231. The van der Waals surface area contributed by atoms with Gasteiger partial charge < -0.3 is 5.32 Å². The summed E-state index contributed by atoms with van der Waals surface area (Å²) in [7, 11) is 0. The van der Waals surface area contributed by atoms with Crippen LogP contribution in [0.15, 0.2) is 48.4 Å². The molecule has 1 aliphatic heterocycles. The Balaban J connectivity index is 2.76. The van der Waals surface area contributed by atoms with Crippen LogP contribution in [-0.4, -0.2) is 0 Å². The minimum absolute atomic E-state index is 0.935. The zero-order valence-electron chi connectivity index (χ0n) is 6.80. The first kappa shape index (κ1) is 7.86. The van der Waals surface area contributed by atoms with Crippen LogP contribution in [0.3, 0.4) is 0 Å². The molecule has 0 aromatic rings. The fourth-order valence-corrected chi connectivity index (χ4v) is 0.931. The maximum absolute atomic E-state index is 3.84. The van der Waals surface area contributed by atoms with Gasteiger partial charge in [-0.15, -0.1) is 0 Å². The van der Waals surface area contributed by atoms with Crippen LogP contribution in [-0.2, 0) is 0 Å². The van der Waals surface area contributed by atoms with Crippen molar-refractivity contribution in [2.24, 2.45) is 0 Å². The summed E-state index contributed by atoms with van der Waals surface area (Å²) in [6.07, 6.45) is 11.2. The number of hydrogen-bond acceptors (Lipinski definition) is 1. The lowest BCUT2D eigenvalue weighted by molar-refractivity contribution is 1.11. The molecule has 1 aliphatic rings. The van der Waals surface area contributed by atoms with E-state index in [0.29, 0.717) is 0 Å². The van der Waals surface area contributed by atoms with Crippen LogP contribution >= 0.6 is 0 Å². The third-order valence-corrected chi connectivity index (χ3v) is 1.44. The molecule has 1 heterocycles. The van der Waals surface area contributed by atoms with Gasteiger partial charge in [0.1, 0.15) is 0 Å². The first-order valence-corrected chi connectivity index (χ1v) is 3.74. The van der Waals surface area contributed by atoms with Gasteiger partial charge in [-0.2, -0.15) is 0 Å². The summed E-state index contributed by atoms with van der Waals surface area (Å²) >= 11 is 0. The fourth-order valence-electron chi connectivity index (χ4n) is 0.931. The highest BCUT2D eigenvalue weighted by Gasteiger charge is 1.87. The predicted molar refractivity (Wildman–Crippen MR) is 48.9 cm³/mol. The van der Waals surface area contributed by atoms with Gasteiger partial charge in [-0.1, -0.05) is 24.8 Å². The molecule has 0 atom stereocenters. The summed E-state index contributed by atoms with van der Waals surface area (Å²) in [6.45, 7) is 5.90. The highest BCUT2D eigenvalue weighted by molar-refractivity contribution is 5.28. The first-order valence-electron chi connectivity index (χ1n) is 3.74. The maximum Gasteiger partial charge on any atom is 0.0309 e.